The summed E-state index contributed by atoms with van der Waals surface area (Å²) in [5.41, 5.74) is 0.703. The molecule has 3 heteroatoms. The van der Waals surface area contributed by atoms with Gasteiger partial charge in [0.1, 0.15) is 5.75 Å². The van der Waals surface area contributed by atoms with E-state index in [1.165, 1.54) is 0 Å². The van der Waals surface area contributed by atoms with Gasteiger partial charge in [0.25, 0.3) is 0 Å². The molecule has 1 aromatic carbocycles. The van der Waals surface area contributed by atoms with Crippen molar-refractivity contribution in [3.63, 3.8) is 0 Å². The van der Waals surface area contributed by atoms with Crippen molar-refractivity contribution in [3.05, 3.63) is 29.8 Å². The van der Waals surface area contributed by atoms with Crippen molar-refractivity contribution >= 4 is 5.78 Å². The van der Waals surface area contributed by atoms with Crippen molar-refractivity contribution < 1.29 is 9.53 Å². The number of likely N-dealkylation sites (N-methyl/N-ethyl adjacent to an activating group) is 1. The van der Waals surface area contributed by atoms with Crippen LogP contribution in [0.1, 0.15) is 17.3 Å². The third kappa shape index (κ3) is 3.72. The maximum atomic E-state index is 11.7. The first-order valence-electron chi connectivity index (χ1n) is 5.04. The van der Waals surface area contributed by atoms with E-state index in [2.05, 4.69) is 0 Å². The van der Waals surface area contributed by atoms with E-state index in [0.717, 1.165) is 5.75 Å². The van der Waals surface area contributed by atoms with E-state index in [4.69, 9.17) is 4.74 Å². The second-order valence-electron chi connectivity index (χ2n) is 3.62. The van der Waals surface area contributed by atoms with Gasteiger partial charge in [-0.2, -0.15) is 0 Å². The molecular formula is C12H17NO2. The van der Waals surface area contributed by atoms with Gasteiger partial charge in [0.05, 0.1) is 13.2 Å². The monoisotopic (exact) mass is 207 g/mol. The molecule has 0 aromatic heterocycles. The number of ketones is 1. The van der Waals surface area contributed by atoms with E-state index >= 15 is 0 Å². The van der Waals surface area contributed by atoms with E-state index in [-0.39, 0.29) is 5.78 Å². The van der Waals surface area contributed by atoms with Crippen LogP contribution in [-0.4, -0.2) is 37.9 Å². The van der Waals surface area contributed by atoms with Crippen molar-refractivity contribution in [2.45, 2.75) is 6.92 Å². The Balaban J connectivity index is 2.76. The average molecular weight is 207 g/mol. The quantitative estimate of drug-likeness (QED) is 0.690. The number of hydrogen-bond acceptors (Lipinski definition) is 3. The minimum atomic E-state index is 0.113. The molecule has 0 aliphatic heterocycles. The average Bonchev–Trinajstić information content (AvgIpc) is 2.17. The summed E-state index contributed by atoms with van der Waals surface area (Å²) >= 11 is 0. The summed E-state index contributed by atoms with van der Waals surface area (Å²) in [6.07, 6.45) is 0. The molecule has 15 heavy (non-hydrogen) atoms. The van der Waals surface area contributed by atoms with Crippen LogP contribution >= 0.6 is 0 Å². The van der Waals surface area contributed by atoms with Gasteiger partial charge in [-0.15, -0.1) is 0 Å². The molecular weight excluding hydrogens is 190 g/mol. The summed E-state index contributed by atoms with van der Waals surface area (Å²) in [7, 11) is 3.76. The number of carbonyl (C=O) groups excluding carboxylic acids is 1. The fraction of sp³-hybridized carbons (Fsp3) is 0.417. The lowest BCUT2D eigenvalue weighted by Gasteiger charge is -2.09. The van der Waals surface area contributed by atoms with Gasteiger partial charge in [-0.1, -0.05) is 12.1 Å². The molecule has 3 nitrogen and oxygen atoms in total. The molecule has 0 bridgehead atoms. The van der Waals surface area contributed by atoms with Crippen molar-refractivity contribution in [2.24, 2.45) is 0 Å². The lowest BCUT2D eigenvalue weighted by molar-refractivity contribution is 0.0957. The predicted molar refractivity (Wildman–Crippen MR) is 60.5 cm³/mol. The molecule has 1 aromatic rings. The molecule has 0 amide bonds. The van der Waals surface area contributed by atoms with Gasteiger partial charge < -0.3 is 9.64 Å². The number of benzene rings is 1. The number of rotatable bonds is 5. The third-order valence-electron chi connectivity index (χ3n) is 1.93. The Morgan fingerprint density at radius 1 is 1.40 bits per heavy atom. The SMILES string of the molecule is CCOc1cccc(C(=O)CN(C)C)c1. The first-order valence-corrected chi connectivity index (χ1v) is 5.04. The fourth-order valence-electron chi connectivity index (χ4n) is 1.30. The minimum Gasteiger partial charge on any atom is -0.494 e. The van der Waals surface area contributed by atoms with Crippen molar-refractivity contribution in [3.8, 4) is 5.75 Å². The fourth-order valence-corrected chi connectivity index (χ4v) is 1.30. The maximum absolute atomic E-state index is 11.7. The zero-order chi connectivity index (χ0) is 11.3. The first kappa shape index (κ1) is 11.7. The molecule has 0 unspecified atom stereocenters. The van der Waals surface area contributed by atoms with Crippen LogP contribution < -0.4 is 4.74 Å². The second-order valence-corrected chi connectivity index (χ2v) is 3.62. The van der Waals surface area contributed by atoms with Crippen LogP contribution in [0, 0.1) is 0 Å². The highest BCUT2D eigenvalue weighted by atomic mass is 16.5. The zero-order valence-corrected chi connectivity index (χ0v) is 9.49. The summed E-state index contributed by atoms with van der Waals surface area (Å²) in [6, 6.07) is 7.30. The second kappa shape index (κ2) is 5.51. The topological polar surface area (TPSA) is 29.5 Å². The van der Waals surface area contributed by atoms with Gasteiger partial charge in [-0.05, 0) is 33.2 Å². The van der Waals surface area contributed by atoms with Crippen LogP contribution in [0.15, 0.2) is 24.3 Å². The Morgan fingerprint density at radius 3 is 2.73 bits per heavy atom. The minimum absolute atomic E-state index is 0.113. The Labute approximate surface area is 90.7 Å². The largest absolute Gasteiger partial charge is 0.494 e. The molecule has 0 fully saturated rings. The van der Waals surface area contributed by atoms with Crippen molar-refractivity contribution in [1.82, 2.24) is 4.90 Å². The van der Waals surface area contributed by atoms with E-state index in [1.807, 2.05) is 44.1 Å². The van der Waals surface area contributed by atoms with Crippen LogP contribution in [-0.2, 0) is 0 Å². The summed E-state index contributed by atoms with van der Waals surface area (Å²) < 4.78 is 5.34. The van der Waals surface area contributed by atoms with Gasteiger partial charge in [0.2, 0.25) is 0 Å². The highest BCUT2D eigenvalue weighted by Crippen LogP contribution is 2.13. The van der Waals surface area contributed by atoms with Gasteiger partial charge in [0, 0.05) is 5.56 Å². The lowest BCUT2D eigenvalue weighted by atomic mass is 10.1. The molecule has 82 valence electrons. The van der Waals surface area contributed by atoms with Gasteiger partial charge in [0.15, 0.2) is 5.78 Å². The highest BCUT2D eigenvalue weighted by molar-refractivity contribution is 5.97. The molecule has 0 aliphatic carbocycles. The van der Waals surface area contributed by atoms with E-state index in [9.17, 15) is 4.79 Å². The standard InChI is InChI=1S/C12H17NO2/c1-4-15-11-7-5-6-10(8-11)12(14)9-13(2)3/h5-8H,4,9H2,1-3H3. The first-order chi connectivity index (χ1) is 7.13. The lowest BCUT2D eigenvalue weighted by Crippen LogP contribution is -2.21. The van der Waals surface area contributed by atoms with Crippen LogP contribution in [0.5, 0.6) is 5.75 Å². The number of ether oxygens (including phenoxy) is 1. The number of nitrogens with zero attached hydrogens (tertiary/aromatic N) is 1. The Bertz CT molecular complexity index is 334. The van der Waals surface area contributed by atoms with Crippen molar-refractivity contribution in [2.75, 3.05) is 27.2 Å². The summed E-state index contributed by atoms with van der Waals surface area (Å²) in [5.74, 6) is 0.864. The van der Waals surface area contributed by atoms with Crippen LogP contribution in [0.4, 0.5) is 0 Å². The van der Waals surface area contributed by atoms with Gasteiger partial charge >= 0.3 is 0 Å². The normalized spacial score (nSPS) is 10.4. The highest BCUT2D eigenvalue weighted by Gasteiger charge is 2.07. The van der Waals surface area contributed by atoms with Crippen molar-refractivity contribution in [1.29, 1.82) is 0 Å². The molecule has 0 aliphatic rings. The zero-order valence-electron chi connectivity index (χ0n) is 9.49. The molecule has 0 spiro atoms. The molecule has 0 N–H and O–H groups in total. The smallest absolute Gasteiger partial charge is 0.176 e. The van der Waals surface area contributed by atoms with E-state index in [0.29, 0.717) is 18.7 Å². The summed E-state index contributed by atoms with van der Waals surface area (Å²) in [4.78, 5) is 13.6. The number of hydrogen-bond donors (Lipinski definition) is 0. The van der Waals surface area contributed by atoms with Crippen LogP contribution in [0.3, 0.4) is 0 Å². The molecule has 0 radical (unpaired) electrons. The maximum Gasteiger partial charge on any atom is 0.176 e. The molecule has 0 saturated heterocycles. The number of Topliss-reactive ketones (excluding diaryl/α,β-unsaturated/α-hetero) is 1. The van der Waals surface area contributed by atoms with Gasteiger partial charge in [-0.3, -0.25) is 4.79 Å². The summed E-state index contributed by atoms with van der Waals surface area (Å²) in [5, 5.41) is 0. The Kier molecular flexibility index (Phi) is 4.31. The third-order valence-corrected chi connectivity index (χ3v) is 1.93. The molecule has 0 heterocycles. The van der Waals surface area contributed by atoms with Crippen LogP contribution in [0.2, 0.25) is 0 Å². The molecule has 1 rings (SSSR count). The van der Waals surface area contributed by atoms with E-state index in [1.54, 1.807) is 6.07 Å². The number of carbonyl (C=O) groups is 1. The Morgan fingerprint density at radius 2 is 2.13 bits per heavy atom. The molecule has 0 atom stereocenters. The Hall–Kier alpha value is -1.35. The van der Waals surface area contributed by atoms with E-state index < -0.39 is 0 Å². The molecule has 0 saturated carbocycles. The van der Waals surface area contributed by atoms with Gasteiger partial charge in [-0.25, -0.2) is 0 Å². The summed E-state index contributed by atoms with van der Waals surface area (Å²) in [6.45, 7) is 2.97. The van der Waals surface area contributed by atoms with Crippen LogP contribution in [0.25, 0.3) is 0 Å². The predicted octanol–water partition coefficient (Wildman–Crippen LogP) is 1.83.